The van der Waals surface area contributed by atoms with Crippen LogP contribution in [0.25, 0.3) is 0 Å². The largest absolute Gasteiger partial charge is 0.409 e. The highest BCUT2D eigenvalue weighted by Crippen LogP contribution is 2.39. The fraction of sp³-hybridized carbons (Fsp3) is 0.400. The molecular weight excluding hydrogens is 374 g/mol. The molecule has 27 heavy (non-hydrogen) atoms. The van der Waals surface area contributed by atoms with Crippen LogP contribution in [-0.4, -0.2) is 41.9 Å². The molecule has 1 aromatic carbocycles. The maximum atomic E-state index is 11.2. The van der Waals surface area contributed by atoms with Crippen molar-refractivity contribution in [1.82, 2.24) is 15.0 Å². The Morgan fingerprint density at radius 2 is 2.19 bits per heavy atom. The first kappa shape index (κ1) is 19.1. The summed E-state index contributed by atoms with van der Waals surface area (Å²) in [4.78, 5) is 0. The van der Waals surface area contributed by atoms with Gasteiger partial charge in [0.25, 0.3) is 10.2 Å². The highest BCUT2D eigenvalue weighted by molar-refractivity contribution is 7.87. The molecule has 11 nitrogen and oxygen atoms in total. The Morgan fingerprint density at radius 1 is 1.41 bits per heavy atom. The summed E-state index contributed by atoms with van der Waals surface area (Å²) in [6.07, 6.45) is 1.94. The number of nitrogens with two attached hydrogens (primary N) is 1. The van der Waals surface area contributed by atoms with Crippen molar-refractivity contribution in [2.75, 3.05) is 17.2 Å². The van der Waals surface area contributed by atoms with E-state index in [2.05, 4.69) is 30.8 Å². The Kier molecular flexibility index (Phi) is 5.30. The van der Waals surface area contributed by atoms with E-state index in [9.17, 15) is 13.6 Å². The molecular formula is C15H21N7O4S. The van der Waals surface area contributed by atoms with Crippen molar-refractivity contribution in [3.05, 3.63) is 35.5 Å². The molecule has 0 unspecified atom stereocenters. The number of anilines is 2. The second-order valence-electron chi connectivity index (χ2n) is 6.51. The molecule has 146 valence electrons. The zero-order chi connectivity index (χ0) is 19.5. The SMILES string of the molecule is Cc1cccc(NC(=NO)c2nonc2NCCC2(NS(N)(=O)=O)CC2)c1. The van der Waals surface area contributed by atoms with E-state index in [1.54, 1.807) is 0 Å². The molecule has 1 fully saturated rings. The van der Waals surface area contributed by atoms with Crippen LogP contribution in [-0.2, 0) is 10.2 Å². The van der Waals surface area contributed by atoms with Gasteiger partial charge in [0, 0.05) is 17.8 Å². The van der Waals surface area contributed by atoms with Gasteiger partial charge in [-0.15, -0.1) is 0 Å². The number of hydrogen-bond donors (Lipinski definition) is 5. The van der Waals surface area contributed by atoms with Crippen molar-refractivity contribution in [3.63, 3.8) is 0 Å². The molecule has 1 aliphatic carbocycles. The van der Waals surface area contributed by atoms with Crippen LogP contribution in [0, 0.1) is 6.92 Å². The number of benzene rings is 1. The van der Waals surface area contributed by atoms with Crippen LogP contribution in [0.1, 0.15) is 30.5 Å². The average molecular weight is 395 g/mol. The van der Waals surface area contributed by atoms with E-state index < -0.39 is 15.7 Å². The quantitative estimate of drug-likeness (QED) is 0.189. The molecule has 1 aromatic heterocycles. The summed E-state index contributed by atoms with van der Waals surface area (Å²) in [6.45, 7) is 2.34. The third kappa shape index (κ3) is 5.15. The van der Waals surface area contributed by atoms with Crippen LogP contribution in [0.15, 0.2) is 34.1 Å². The molecule has 0 aliphatic heterocycles. The Hall–Kier alpha value is -2.70. The molecule has 0 radical (unpaired) electrons. The van der Waals surface area contributed by atoms with Gasteiger partial charge in [-0.3, -0.25) is 0 Å². The smallest absolute Gasteiger partial charge is 0.274 e. The fourth-order valence-electron chi connectivity index (χ4n) is 2.73. The fourth-order valence-corrected chi connectivity index (χ4v) is 3.64. The maximum Gasteiger partial charge on any atom is 0.274 e. The number of nitrogens with one attached hydrogen (secondary N) is 3. The lowest BCUT2D eigenvalue weighted by atomic mass is 10.2. The number of aryl methyl sites for hydroxylation is 1. The van der Waals surface area contributed by atoms with Gasteiger partial charge in [0.05, 0.1) is 0 Å². The van der Waals surface area contributed by atoms with Gasteiger partial charge in [-0.05, 0) is 54.2 Å². The molecule has 0 spiro atoms. The van der Waals surface area contributed by atoms with Gasteiger partial charge >= 0.3 is 0 Å². The van der Waals surface area contributed by atoms with Crippen molar-refractivity contribution in [2.45, 2.75) is 31.7 Å². The normalized spacial score (nSPS) is 16.1. The zero-order valence-corrected chi connectivity index (χ0v) is 15.5. The van der Waals surface area contributed by atoms with Gasteiger partial charge in [-0.25, -0.2) is 9.77 Å². The van der Waals surface area contributed by atoms with Crippen LogP contribution >= 0.6 is 0 Å². The van der Waals surface area contributed by atoms with Gasteiger partial charge in [0.1, 0.15) is 0 Å². The number of rotatable bonds is 8. The van der Waals surface area contributed by atoms with Crippen molar-refractivity contribution < 1.29 is 18.3 Å². The summed E-state index contributed by atoms with van der Waals surface area (Å²) in [6, 6.07) is 7.49. The van der Waals surface area contributed by atoms with Crippen molar-refractivity contribution in [1.29, 1.82) is 0 Å². The first-order chi connectivity index (χ1) is 12.8. The Balaban J connectivity index is 1.63. The van der Waals surface area contributed by atoms with E-state index in [4.69, 9.17) is 9.77 Å². The first-order valence-electron chi connectivity index (χ1n) is 8.24. The standard InChI is InChI=1S/C15H21N7O4S/c1-10-3-2-4-11(9-10)18-14(19-23)12-13(21-26-20-12)17-8-7-15(5-6-15)22-27(16,24)25/h2-4,9,22-23H,5-8H2,1H3,(H,17,21)(H,18,19)(H2,16,24,25). The number of nitrogens with zero attached hydrogens (tertiary/aromatic N) is 3. The molecule has 0 atom stereocenters. The minimum atomic E-state index is -3.75. The van der Waals surface area contributed by atoms with Crippen molar-refractivity contribution >= 4 is 27.6 Å². The second kappa shape index (κ2) is 7.50. The zero-order valence-electron chi connectivity index (χ0n) is 14.6. The predicted molar refractivity (Wildman–Crippen MR) is 98.7 cm³/mol. The predicted octanol–water partition coefficient (Wildman–Crippen LogP) is 0.754. The van der Waals surface area contributed by atoms with Crippen molar-refractivity contribution in [2.24, 2.45) is 10.3 Å². The molecule has 1 saturated carbocycles. The van der Waals surface area contributed by atoms with Crippen LogP contribution in [0.4, 0.5) is 11.5 Å². The molecule has 2 aromatic rings. The Labute approximate surface area is 156 Å². The van der Waals surface area contributed by atoms with E-state index in [0.717, 1.165) is 5.56 Å². The second-order valence-corrected chi connectivity index (χ2v) is 7.80. The van der Waals surface area contributed by atoms with Crippen LogP contribution in [0.3, 0.4) is 0 Å². The molecule has 6 N–H and O–H groups in total. The van der Waals surface area contributed by atoms with E-state index in [1.807, 2.05) is 31.2 Å². The lowest BCUT2D eigenvalue weighted by Crippen LogP contribution is -2.42. The molecule has 12 heteroatoms. The van der Waals surface area contributed by atoms with E-state index in [1.165, 1.54) is 0 Å². The number of amidine groups is 1. The molecule has 1 heterocycles. The van der Waals surface area contributed by atoms with Crippen LogP contribution < -0.4 is 20.5 Å². The topological polar surface area (TPSA) is 168 Å². The summed E-state index contributed by atoms with van der Waals surface area (Å²) < 4.78 is 29.6. The van der Waals surface area contributed by atoms with E-state index in [-0.39, 0.29) is 17.3 Å². The minimum absolute atomic E-state index is 0.0631. The van der Waals surface area contributed by atoms with Crippen LogP contribution in [0.5, 0.6) is 0 Å². The summed E-state index contributed by atoms with van der Waals surface area (Å²) in [5.41, 5.74) is 1.42. The lowest BCUT2D eigenvalue weighted by Gasteiger charge is -2.15. The highest BCUT2D eigenvalue weighted by Gasteiger charge is 2.44. The Bertz CT molecular complexity index is 937. The lowest BCUT2D eigenvalue weighted by molar-refractivity contribution is 0.305. The summed E-state index contributed by atoms with van der Waals surface area (Å²) in [5.74, 6) is 0.336. The van der Waals surface area contributed by atoms with E-state index >= 15 is 0 Å². The number of oxime groups is 1. The molecule has 3 rings (SSSR count). The van der Waals surface area contributed by atoms with Gasteiger partial charge in [0.15, 0.2) is 5.69 Å². The molecule has 0 bridgehead atoms. The summed E-state index contributed by atoms with van der Waals surface area (Å²) in [5, 5.41) is 31.1. The molecule has 0 saturated heterocycles. The van der Waals surface area contributed by atoms with Crippen LogP contribution in [0.2, 0.25) is 0 Å². The van der Waals surface area contributed by atoms with Crippen molar-refractivity contribution in [3.8, 4) is 0 Å². The van der Waals surface area contributed by atoms with Gasteiger partial charge < -0.3 is 15.8 Å². The number of hydrogen-bond acceptors (Lipinski definition) is 8. The molecule has 1 aliphatic rings. The van der Waals surface area contributed by atoms with Gasteiger partial charge in [-0.2, -0.15) is 13.1 Å². The third-order valence-corrected chi connectivity index (χ3v) is 4.92. The Morgan fingerprint density at radius 3 is 2.81 bits per heavy atom. The number of aromatic nitrogens is 2. The third-order valence-electron chi connectivity index (χ3n) is 4.20. The monoisotopic (exact) mass is 395 g/mol. The minimum Gasteiger partial charge on any atom is -0.409 e. The maximum absolute atomic E-state index is 11.2. The van der Waals surface area contributed by atoms with Gasteiger partial charge in [0.2, 0.25) is 11.7 Å². The highest BCUT2D eigenvalue weighted by atomic mass is 32.2. The van der Waals surface area contributed by atoms with E-state index in [0.29, 0.717) is 31.5 Å². The average Bonchev–Trinajstić information content (AvgIpc) is 3.16. The van der Waals surface area contributed by atoms with Gasteiger partial charge in [-0.1, -0.05) is 17.3 Å². The first-order valence-corrected chi connectivity index (χ1v) is 9.79. The summed E-state index contributed by atoms with van der Waals surface area (Å²) >= 11 is 0. The summed E-state index contributed by atoms with van der Waals surface area (Å²) in [7, 11) is -3.75. The molecule has 0 amide bonds.